The summed E-state index contributed by atoms with van der Waals surface area (Å²) in [6.45, 7) is 2.74. The van der Waals surface area contributed by atoms with Crippen LogP contribution in [0.25, 0.3) is 0 Å². The number of nitrogens with one attached hydrogen (secondary N) is 1. The Hall–Kier alpha value is -1.88. The number of likely N-dealkylation sites (N-methyl/N-ethyl adjacent to an activating group) is 1. The first-order chi connectivity index (χ1) is 9.65. The second-order valence-electron chi connectivity index (χ2n) is 4.65. The number of halogens is 1. The van der Waals surface area contributed by atoms with Crippen molar-refractivity contribution in [1.29, 1.82) is 0 Å². The van der Waals surface area contributed by atoms with Gasteiger partial charge in [0, 0.05) is 31.3 Å². The van der Waals surface area contributed by atoms with Crippen molar-refractivity contribution in [3.8, 4) is 5.75 Å². The molecule has 0 amide bonds. The van der Waals surface area contributed by atoms with Crippen LogP contribution in [0.5, 0.6) is 5.75 Å². The van der Waals surface area contributed by atoms with Crippen LogP contribution in [0.4, 0.5) is 4.39 Å². The van der Waals surface area contributed by atoms with Crippen LogP contribution in [0.2, 0.25) is 0 Å². The predicted molar refractivity (Wildman–Crippen MR) is 76.3 cm³/mol. The van der Waals surface area contributed by atoms with Crippen LogP contribution >= 0.6 is 0 Å². The van der Waals surface area contributed by atoms with Gasteiger partial charge in [-0.3, -0.25) is 4.68 Å². The van der Waals surface area contributed by atoms with Crippen LogP contribution in [-0.2, 0) is 13.5 Å². The van der Waals surface area contributed by atoms with Gasteiger partial charge in [-0.25, -0.2) is 4.39 Å². The SMILES string of the molecule is CCNC(Cc1ccn(C)n1)c1c(F)cccc1OC. The zero-order chi connectivity index (χ0) is 14.5. The predicted octanol–water partition coefficient (Wildman–Crippen LogP) is 2.46. The van der Waals surface area contributed by atoms with Gasteiger partial charge in [0.1, 0.15) is 11.6 Å². The molecule has 108 valence electrons. The Morgan fingerprint density at radius 2 is 2.20 bits per heavy atom. The normalized spacial score (nSPS) is 12.4. The van der Waals surface area contributed by atoms with Gasteiger partial charge in [-0.05, 0) is 24.7 Å². The maximum absolute atomic E-state index is 14.2. The first kappa shape index (κ1) is 14.5. The standard InChI is InChI=1S/C15H20FN3O/c1-4-17-13(10-11-8-9-19(2)18-11)15-12(16)6-5-7-14(15)20-3/h5-9,13,17H,4,10H2,1-3H3. The first-order valence-electron chi connectivity index (χ1n) is 6.70. The van der Waals surface area contributed by atoms with Crippen molar-refractivity contribution in [2.75, 3.05) is 13.7 Å². The average Bonchev–Trinajstić information content (AvgIpc) is 2.83. The summed E-state index contributed by atoms with van der Waals surface area (Å²) >= 11 is 0. The number of aryl methyl sites for hydroxylation is 1. The van der Waals surface area contributed by atoms with E-state index in [1.165, 1.54) is 6.07 Å². The van der Waals surface area contributed by atoms with Gasteiger partial charge in [0.15, 0.2) is 0 Å². The number of rotatable bonds is 6. The molecule has 1 aromatic heterocycles. The summed E-state index contributed by atoms with van der Waals surface area (Å²) in [7, 11) is 3.43. The minimum Gasteiger partial charge on any atom is -0.496 e. The molecule has 1 heterocycles. The molecule has 0 spiro atoms. The Morgan fingerprint density at radius 3 is 2.80 bits per heavy atom. The van der Waals surface area contributed by atoms with Crippen molar-refractivity contribution in [3.63, 3.8) is 0 Å². The summed E-state index contributed by atoms with van der Waals surface area (Å²) in [6, 6.07) is 6.67. The lowest BCUT2D eigenvalue weighted by Crippen LogP contribution is -2.24. The first-order valence-corrected chi connectivity index (χ1v) is 6.70. The Kier molecular flexibility index (Phi) is 4.74. The Bertz CT molecular complexity index is 568. The monoisotopic (exact) mass is 277 g/mol. The van der Waals surface area contributed by atoms with Crippen molar-refractivity contribution in [3.05, 3.63) is 47.5 Å². The number of ether oxygens (including phenoxy) is 1. The van der Waals surface area contributed by atoms with Crippen LogP contribution < -0.4 is 10.1 Å². The molecule has 0 aliphatic carbocycles. The van der Waals surface area contributed by atoms with E-state index < -0.39 is 0 Å². The number of methoxy groups -OCH3 is 1. The zero-order valence-electron chi connectivity index (χ0n) is 12.1. The molecule has 0 aliphatic rings. The molecule has 0 saturated carbocycles. The minimum absolute atomic E-state index is 0.161. The van der Waals surface area contributed by atoms with Crippen LogP contribution in [0.1, 0.15) is 24.2 Å². The Labute approximate surface area is 118 Å². The number of hydrogen-bond donors (Lipinski definition) is 1. The highest BCUT2D eigenvalue weighted by molar-refractivity contribution is 5.38. The number of benzene rings is 1. The fourth-order valence-electron chi connectivity index (χ4n) is 2.34. The van der Waals surface area contributed by atoms with Crippen LogP contribution in [0.3, 0.4) is 0 Å². The minimum atomic E-state index is -0.258. The maximum atomic E-state index is 14.2. The van der Waals surface area contributed by atoms with Crippen molar-refractivity contribution < 1.29 is 9.13 Å². The number of nitrogens with zero attached hydrogens (tertiary/aromatic N) is 2. The molecule has 1 N–H and O–H groups in total. The Balaban J connectivity index is 2.33. The average molecular weight is 277 g/mol. The van der Waals surface area contributed by atoms with Crippen molar-refractivity contribution in [2.24, 2.45) is 7.05 Å². The van der Waals surface area contributed by atoms with Gasteiger partial charge >= 0.3 is 0 Å². The molecule has 5 heteroatoms. The lowest BCUT2D eigenvalue weighted by atomic mass is 10.00. The van der Waals surface area contributed by atoms with E-state index in [-0.39, 0.29) is 11.9 Å². The molecule has 0 aliphatic heterocycles. The van der Waals surface area contributed by atoms with E-state index in [0.29, 0.717) is 17.7 Å². The molecule has 20 heavy (non-hydrogen) atoms. The lowest BCUT2D eigenvalue weighted by molar-refractivity contribution is 0.390. The molecule has 4 nitrogen and oxygen atoms in total. The maximum Gasteiger partial charge on any atom is 0.131 e. The molecule has 0 bridgehead atoms. The van der Waals surface area contributed by atoms with E-state index in [2.05, 4.69) is 10.4 Å². The number of hydrogen-bond acceptors (Lipinski definition) is 3. The van der Waals surface area contributed by atoms with Gasteiger partial charge in [0.25, 0.3) is 0 Å². The summed E-state index contributed by atoms with van der Waals surface area (Å²) in [4.78, 5) is 0. The highest BCUT2D eigenvalue weighted by Gasteiger charge is 2.20. The molecule has 1 aromatic carbocycles. The van der Waals surface area contributed by atoms with Gasteiger partial charge in [-0.15, -0.1) is 0 Å². The van der Waals surface area contributed by atoms with E-state index in [9.17, 15) is 4.39 Å². The van der Waals surface area contributed by atoms with E-state index in [1.54, 1.807) is 23.9 Å². The Morgan fingerprint density at radius 1 is 1.40 bits per heavy atom. The fraction of sp³-hybridized carbons (Fsp3) is 0.400. The third-order valence-electron chi connectivity index (χ3n) is 3.21. The lowest BCUT2D eigenvalue weighted by Gasteiger charge is -2.20. The van der Waals surface area contributed by atoms with E-state index >= 15 is 0 Å². The highest BCUT2D eigenvalue weighted by Crippen LogP contribution is 2.29. The van der Waals surface area contributed by atoms with Crippen LogP contribution in [0, 0.1) is 5.82 Å². The molecule has 2 aromatic rings. The summed E-state index contributed by atoms with van der Waals surface area (Å²) < 4.78 is 21.2. The van der Waals surface area contributed by atoms with Crippen molar-refractivity contribution in [1.82, 2.24) is 15.1 Å². The molecule has 2 rings (SSSR count). The molecule has 0 saturated heterocycles. The second kappa shape index (κ2) is 6.52. The van der Waals surface area contributed by atoms with Gasteiger partial charge in [-0.2, -0.15) is 5.10 Å². The quantitative estimate of drug-likeness (QED) is 0.881. The molecular formula is C15H20FN3O. The van der Waals surface area contributed by atoms with Crippen LogP contribution in [0.15, 0.2) is 30.5 Å². The van der Waals surface area contributed by atoms with Gasteiger partial charge in [-0.1, -0.05) is 13.0 Å². The van der Waals surface area contributed by atoms with E-state index in [0.717, 1.165) is 12.2 Å². The van der Waals surface area contributed by atoms with Gasteiger partial charge in [0.05, 0.1) is 12.8 Å². The summed E-state index contributed by atoms with van der Waals surface area (Å²) in [6.07, 6.45) is 2.50. The highest BCUT2D eigenvalue weighted by atomic mass is 19.1. The molecule has 0 fully saturated rings. The summed E-state index contributed by atoms with van der Waals surface area (Å²) in [5.74, 6) is 0.304. The van der Waals surface area contributed by atoms with Gasteiger partial charge < -0.3 is 10.1 Å². The molecule has 1 unspecified atom stereocenters. The zero-order valence-corrected chi connectivity index (χ0v) is 12.1. The fourth-order valence-corrected chi connectivity index (χ4v) is 2.34. The summed E-state index contributed by atoms with van der Waals surface area (Å²) in [5, 5.41) is 7.66. The summed E-state index contributed by atoms with van der Waals surface area (Å²) in [5.41, 5.74) is 1.48. The molecular weight excluding hydrogens is 257 g/mol. The molecule has 1 atom stereocenters. The third kappa shape index (κ3) is 3.17. The van der Waals surface area contributed by atoms with Crippen molar-refractivity contribution >= 4 is 0 Å². The second-order valence-corrected chi connectivity index (χ2v) is 4.65. The van der Waals surface area contributed by atoms with E-state index in [4.69, 9.17) is 4.74 Å². The smallest absolute Gasteiger partial charge is 0.131 e. The van der Waals surface area contributed by atoms with Gasteiger partial charge in [0.2, 0.25) is 0 Å². The van der Waals surface area contributed by atoms with Crippen LogP contribution in [-0.4, -0.2) is 23.4 Å². The topological polar surface area (TPSA) is 39.1 Å². The largest absolute Gasteiger partial charge is 0.496 e. The number of aromatic nitrogens is 2. The third-order valence-corrected chi connectivity index (χ3v) is 3.21. The van der Waals surface area contributed by atoms with Crippen molar-refractivity contribution in [2.45, 2.75) is 19.4 Å². The molecule has 0 radical (unpaired) electrons. The van der Waals surface area contributed by atoms with E-state index in [1.807, 2.05) is 26.2 Å².